The van der Waals surface area contributed by atoms with Gasteiger partial charge < -0.3 is 9.84 Å². The first-order valence-electron chi connectivity index (χ1n) is 7.46. The van der Waals surface area contributed by atoms with Crippen molar-refractivity contribution in [2.75, 3.05) is 6.54 Å². The lowest BCUT2D eigenvalue weighted by molar-refractivity contribution is 0.283. The summed E-state index contributed by atoms with van der Waals surface area (Å²) in [5.74, 6) is 1.99. The molecule has 2 heterocycles. The second-order valence-electron chi connectivity index (χ2n) is 5.47. The minimum absolute atomic E-state index is 0.439. The summed E-state index contributed by atoms with van der Waals surface area (Å²) >= 11 is 1.66. The number of rotatable bonds is 5. The summed E-state index contributed by atoms with van der Waals surface area (Å²) in [6.07, 6.45) is 5.91. The van der Waals surface area contributed by atoms with E-state index in [1.165, 1.54) is 19.3 Å². The Kier molecular flexibility index (Phi) is 4.47. The summed E-state index contributed by atoms with van der Waals surface area (Å²) in [6, 6.07) is 2.70. The fraction of sp³-hybridized carbons (Fsp3) is 0.600. The van der Waals surface area contributed by atoms with E-state index < -0.39 is 0 Å². The van der Waals surface area contributed by atoms with Gasteiger partial charge in [0, 0.05) is 22.9 Å². The Bertz CT molecular complexity index is 515. The maximum absolute atomic E-state index is 5.47. The Labute approximate surface area is 123 Å². The number of aromatic nitrogens is 2. The lowest BCUT2D eigenvalue weighted by atomic mass is 9.86. The molecule has 4 nitrogen and oxygen atoms in total. The number of hydrogen-bond acceptors (Lipinski definition) is 5. The summed E-state index contributed by atoms with van der Waals surface area (Å²) in [6.45, 7) is 3.33. The van der Waals surface area contributed by atoms with E-state index in [2.05, 4.69) is 27.8 Å². The molecule has 0 bridgehead atoms. The summed E-state index contributed by atoms with van der Waals surface area (Å²) < 4.78 is 5.47. The minimum Gasteiger partial charge on any atom is -0.339 e. The lowest BCUT2D eigenvalue weighted by Gasteiger charge is -2.27. The Morgan fingerprint density at radius 3 is 2.90 bits per heavy atom. The molecule has 0 aromatic carbocycles. The van der Waals surface area contributed by atoms with Crippen LogP contribution in [0, 0.1) is 0 Å². The van der Waals surface area contributed by atoms with Crippen molar-refractivity contribution in [2.45, 2.75) is 51.0 Å². The van der Waals surface area contributed by atoms with Gasteiger partial charge >= 0.3 is 0 Å². The van der Waals surface area contributed by atoms with Crippen molar-refractivity contribution in [2.24, 2.45) is 0 Å². The van der Waals surface area contributed by atoms with Crippen molar-refractivity contribution >= 4 is 11.3 Å². The standard InChI is InChI=1S/C15H21N3OS/c1-2-8-16-13-5-3-11(4-6-13)15-17-14(18-19-15)12-7-9-20-10-12/h7,9-11,13,16H,2-6,8H2,1H3. The molecule has 0 amide bonds. The van der Waals surface area contributed by atoms with Crippen LogP contribution in [-0.4, -0.2) is 22.7 Å². The summed E-state index contributed by atoms with van der Waals surface area (Å²) in [5, 5.41) is 11.8. The van der Waals surface area contributed by atoms with Crippen LogP contribution >= 0.6 is 11.3 Å². The van der Waals surface area contributed by atoms with Gasteiger partial charge in [-0.1, -0.05) is 12.1 Å². The van der Waals surface area contributed by atoms with E-state index in [9.17, 15) is 0 Å². The van der Waals surface area contributed by atoms with Gasteiger partial charge in [-0.2, -0.15) is 16.3 Å². The third kappa shape index (κ3) is 3.10. The first kappa shape index (κ1) is 13.8. The second-order valence-corrected chi connectivity index (χ2v) is 6.25. The van der Waals surface area contributed by atoms with Crippen LogP contribution in [0.2, 0.25) is 0 Å². The molecule has 0 atom stereocenters. The van der Waals surface area contributed by atoms with Gasteiger partial charge in [-0.3, -0.25) is 0 Å². The largest absolute Gasteiger partial charge is 0.339 e. The zero-order valence-electron chi connectivity index (χ0n) is 11.8. The normalized spacial score (nSPS) is 23.1. The van der Waals surface area contributed by atoms with Crippen molar-refractivity contribution in [3.8, 4) is 11.4 Å². The minimum atomic E-state index is 0.439. The SMILES string of the molecule is CCCNC1CCC(c2nc(-c3ccsc3)no2)CC1. The van der Waals surface area contributed by atoms with Crippen LogP contribution in [0.15, 0.2) is 21.3 Å². The van der Waals surface area contributed by atoms with Crippen LogP contribution < -0.4 is 5.32 Å². The Morgan fingerprint density at radius 1 is 1.35 bits per heavy atom. The molecule has 3 rings (SSSR count). The number of nitrogens with zero attached hydrogens (tertiary/aromatic N) is 2. The summed E-state index contributed by atoms with van der Waals surface area (Å²) in [7, 11) is 0. The van der Waals surface area contributed by atoms with E-state index in [-0.39, 0.29) is 0 Å². The smallest absolute Gasteiger partial charge is 0.230 e. The van der Waals surface area contributed by atoms with Crippen LogP contribution in [0.1, 0.15) is 50.8 Å². The van der Waals surface area contributed by atoms with Gasteiger partial charge in [-0.15, -0.1) is 0 Å². The average molecular weight is 291 g/mol. The quantitative estimate of drug-likeness (QED) is 0.909. The topological polar surface area (TPSA) is 51.0 Å². The van der Waals surface area contributed by atoms with E-state index >= 15 is 0 Å². The molecule has 0 unspecified atom stereocenters. The second kappa shape index (κ2) is 6.50. The van der Waals surface area contributed by atoms with E-state index in [1.54, 1.807) is 11.3 Å². The third-order valence-electron chi connectivity index (χ3n) is 3.98. The highest BCUT2D eigenvalue weighted by atomic mass is 32.1. The highest BCUT2D eigenvalue weighted by Crippen LogP contribution is 2.33. The van der Waals surface area contributed by atoms with Crippen molar-refractivity contribution in [1.82, 2.24) is 15.5 Å². The fourth-order valence-corrected chi connectivity index (χ4v) is 3.44. The zero-order chi connectivity index (χ0) is 13.8. The molecule has 1 aliphatic rings. The Hall–Kier alpha value is -1.20. The predicted octanol–water partition coefficient (Wildman–Crippen LogP) is 3.82. The van der Waals surface area contributed by atoms with E-state index in [0.717, 1.165) is 36.7 Å². The van der Waals surface area contributed by atoms with Gasteiger partial charge in [-0.05, 0) is 50.1 Å². The van der Waals surface area contributed by atoms with Crippen LogP contribution in [0.3, 0.4) is 0 Å². The van der Waals surface area contributed by atoms with E-state index in [4.69, 9.17) is 4.52 Å². The lowest BCUT2D eigenvalue weighted by Crippen LogP contribution is -2.33. The highest BCUT2D eigenvalue weighted by molar-refractivity contribution is 7.08. The monoisotopic (exact) mass is 291 g/mol. The zero-order valence-corrected chi connectivity index (χ0v) is 12.7. The van der Waals surface area contributed by atoms with Crippen LogP contribution in [0.25, 0.3) is 11.4 Å². The average Bonchev–Trinajstić information content (AvgIpc) is 3.16. The van der Waals surface area contributed by atoms with Gasteiger partial charge in [0.25, 0.3) is 0 Å². The first-order valence-corrected chi connectivity index (χ1v) is 8.40. The molecule has 20 heavy (non-hydrogen) atoms. The van der Waals surface area contributed by atoms with Crippen LogP contribution in [-0.2, 0) is 0 Å². The van der Waals surface area contributed by atoms with Gasteiger partial charge in [-0.25, -0.2) is 0 Å². The molecule has 2 aromatic rings. The van der Waals surface area contributed by atoms with Crippen LogP contribution in [0.4, 0.5) is 0 Å². The van der Waals surface area contributed by atoms with Crippen LogP contribution in [0.5, 0.6) is 0 Å². The number of nitrogens with one attached hydrogen (secondary N) is 1. The Morgan fingerprint density at radius 2 is 2.20 bits per heavy atom. The molecule has 1 saturated carbocycles. The van der Waals surface area contributed by atoms with Crippen molar-refractivity contribution in [3.05, 3.63) is 22.7 Å². The van der Waals surface area contributed by atoms with E-state index in [1.807, 2.05) is 11.4 Å². The highest BCUT2D eigenvalue weighted by Gasteiger charge is 2.26. The number of hydrogen-bond donors (Lipinski definition) is 1. The molecular formula is C15H21N3OS. The van der Waals surface area contributed by atoms with Crippen molar-refractivity contribution in [1.29, 1.82) is 0 Å². The molecule has 5 heteroatoms. The molecule has 0 spiro atoms. The van der Waals surface area contributed by atoms with Gasteiger partial charge in [0.1, 0.15) is 0 Å². The molecule has 1 aliphatic carbocycles. The molecule has 108 valence electrons. The molecule has 2 aromatic heterocycles. The molecule has 1 fully saturated rings. The molecule has 0 radical (unpaired) electrons. The Balaban J connectivity index is 1.58. The fourth-order valence-electron chi connectivity index (χ4n) is 2.80. The van der Waals surface area contributed by atoms with Gasteiger partial charge in [0.05, 0.1) is 0 Å². The third-order valence-corrected chi connectivity index (χ3v) is 4.66. The maximum atomic E-state index is 5.47. The van der Waals surface area contributed by atoms with Crippen molar-refractivity contribution < 1.29 is 4.52 Å². The van der Waals surface area contributed by atoms with Crippen molar-refractivity contribution in [3.63, 3.8) is 0 Å². The molecule has 0 saturated heterocycles. The molecular weight excluding hydrogens is 270 g/mol. The van der Waals surface area contributed by atoms with Gasteiger partial charge in [0.15, 0.2) is 0 Å². The number of thiophene rings is 1. The first-order chi connectivity index (χ1) is 9.86. The van der Waals surface area contributed by atoms with Gasteiger partial charge in [0.2, 0.25) is 11.7 Å². The maximum Gasteiger partial charge on any atom is 0.230 e. The van der Waals surface area contributed by atoms with E-state index in [0.29, 0.717) is 12.0 Å². The predicted molar refractivity (Wildman–Crippen MR) is 80.9 cm³/mol. The molecule has 0 aliphatic heterocycles. The summed E-state index contributed by atoms with van der Waals surface area (Å²) in [5.41, 5.74) is 1.06. The molecule has 1 N–H and O–H groups in total. The summed E-state index contributed by atoms with van der Waals surface area (Å²) in [4.78, 5) is 4.57.